The Labute approximate surface area is 232 Å². The molecule has 0 saturated carbocycles. The number of likely N-dealkylation sites (tertiary alicyclic amines) is 1. The minimum Gasteiger partial charge on any atom is -0.507 e. The highest BCUT2D eigenvalue weighted by Crippen LogP contribution is 2.43. The fourth-order valence-corrected chi connectivity index (χ4v) is 4.92. The normalized spacial score (nSPS) is 17.8. The number of hydrogen-bond acceptors (Lipinski definition) is 8. The minimum atomic E-state index is -0.897. The van der Waals surface area contributed by atoms with E-state index in [1.807, 2.05) is 6.92 Å². The van der Waals surface area contributed by atoms with Gasteiger partial charge in [-0.1, -0.05) is 25.8 Å². The molecule has 40 heavy (non-hydrogen) atoms. The summed E-state index contributed by atoms with van der Waals surface area (Å²) in [5.41, 5.74) is 0.896. The molecule has 2 aliphatic heterocycles. The van der Waals surface area contributed by atoms with E-state index in [0.717, 1.165) is 19.3 Å². The van der Waals surface area contributed by atoms with Crippen LogP contribution in [0.25, 0.3) is 5.76 Å². The number of carbonyl (C=O) groups is 2. The predicted octanol–water partition coefficient (Wildman–Crippen LogP) is 5.64. The van der Waals surface area contributed by atoms with Gasteiger partial charge in [0.05, 0.1) is 37.6 Å². The smallest absolute Gasteiger partial charge is 0.296 e. The van der Waals surface area contributed by atoms with Gasteiger partial charge in [-0.3, -0.25) is 9.59 Å². The summed E-state index contributed by atoms with van der Waals surface area (Å²) < 4.78 is 28.6. The molecular weight excluding hydrogens is 514 g/mol. The Kier molecular flexibility index (Phi) is 8.28. The number of aliphatic hydroxyl groups excluding tert-OH is 1. The van der Waals surface area contributed by atoms with Crippen LogP contribution in [0, 0.1) is 0 Å². The molecule has 1 atom stereocenters. The molecule has 0 spiro atoms. The lowest BCUT2D eigenvalue weighted by Crippen LogP contribution is -2.29. The predicted molar refractivity (Wildman–Crippen MR) is 147 cm³/mol. The summed E-state index contributed by atoms with van der Waals surface area (Å²) >= 11 is 0. The highest BCUT2D eigenvalue weighted by molar-refractivity contribution is 6.46. The number of amides is 1. The average Bonchev–Trinajstić information content (AvgIpc) is 3.58. The summed E-state index contributed by atoms with van der Waals surface area (Å²) in [5.74, 6) is 0.761. The van der Waals surface area contributed by atoms with Crippen molar-refractivity contribution in [2.24, 2.45) is 0 Å². The molecule has 210 valence electrons. The summed E-state index contributed by atoms with van der Waals surface area (Å²) in [6.45, 7) is 5.80. The van der Waals surface area contributed by atoms with Gasteiger partial charge < -0.3 is 33.4 Å². The number of fused-ring (bicyclic) bond motifs is 1. The summed E-state index contributed by atoms with van der Waals surface area (Å²) in [5, 5.41) is 11.5. The van der Waals surface area contributed by atoms with Crippen molar-refractivity contribution in [2.75, 3.05) is 26.4 Å². The van der Waals surface area contributed by atoms with Crippen LogP contribution in [-0.2, 0) is 16.1 Å². The summed E-state index contributed by atoms with van der Waals surface area (Å²) in [4.78, 5) is 28.2. The van der Waals surface area contributed by atoms with Gasteiger partial charge >= 0.3 is 0 Å². The van der Waals surface area contributed by atoms with Crippen LogP contribution in [0.1, 0.15) is 56.0 Å². The van der Waals surface area contributed by atoms with E-state index in [-0.39, 0.29) is 17.9 Å². The Morgan fingerprint density at radius 2 is 1.80 bits per heavy atom. The third-order valence-corrected chi connectivity index (χ3v) is 6.85. The van der Waals surface area contributed by atoms with Crippen molar-refractivity contribution in [1.82, 2.24) is 4.90 Å². The summed E-state index contributed by atoms with van der Waals surface area (Å²) in [6, 6.07) is 12.8. The number of unbranched alkanes of at least 4 members (excludes halogenated alkanes) is 2. The molecule has 5 rings (SSSR count). The minimum absolute atomic E-state index is 0.0349. The van der Waals surface area contributed by atoms with E-state index in [1.54, 1.807) is 48.5 Å². The van der Waals surface area contributed by atoms with Crippen molar-refractivity contribution in [3.63, 3.8) is 0 Å². The number of ether oxygens (including phenoxy) is 4. The Bertz CT molecular complexity index is 1390. The maximum atomic E-state index is 13.5. The van der Waals surface area contributed by atoms with Crippen molar-refractivity contribution < 1.29 is 38.1 Å². The van der Waals surface area contributed by atoms with Crippen LogP contribution in [0.3, 0.4) is 0 Å². The highest BCUT2D eigenvalue weighted by Gasteiger charge is 2.46. The molecule has 3 heterocycles. The molecule has 1 fully saturated rings. The molecule has 0 radical (unpaired) electrons. The largest absolute Gasteiger partial charge is 0.507 e. The first-order valence-electron chi connectivity index (χ1n) is 13.6. The standard InChI is InChI=1S/C31H33NO8/c1-3-5-6-13-38-23-11-9-20(17-25(23)36-4-2)28-27(30(34)31(35)32(28)19-22-8-7-14-37-22)29(33)21-10-12-24-26(18-21)40-16-15-39-24/h7-12,14,17-18,28,33H,3-6,13,15-16,19H2,1-2H3/t28-/m1/s1. The maximum Gasteiger partial charge on any atom is 0.296 e. The van der Waals surface area contributed by atoms with Gasteiger partial charge in [-0.25, -0.2) is 0 Å². The second-order valence-electron chi connectivity index (χ2n) is 9.56. The van der Waals surface area contributed by atoms with E-state index in [2.05, 4.69) is 6.92 Å². The van der Waals surface area contributed by atoms with E-state index in [1.165, 1.54) is 11.2 Å². The molecule has 0 aliphatic carbocycles. The van der Waals surface area contributed by atoms with Gasteiger partial charge in [-0.05, 0) is 61.4 Å². The Balaban J connectivity index is 1.58. The third-order valence-electron chi connectivity index (χ3n) is 6.85. The topological polar surface area (TPSA) is 108 Å². The number of ketones is 1. The van der Waals surface area contributed by atoms with Crippen LogP contribution in [0.2, 0.25) is 0 Å². The van der Waals surface area contributed by atoms with Gasteiger partial charge in [0, 0.05) is 5.56 Å². The first-order chi connectivity index (χ1) is 19.5. The SMILES string of the molecule is CCCCCOc1ccc([C@@H]2C(=C(O)c3ccc4c(c3)OCCO4)C(=O)C(=O)N2Cc2ccco2)cc1OCC. The van der Waals surface area contributed by atoms with Gasteiger partial charge in [-0.2, -0.15) is 0 Å². The molecule has 1 saturated heterocycles. The van der Waals surface area contributed by atoms with Crippen molar-refractivity contribution in [3.8, 4) is 23.0 Å². The number of Topliss-reactive ketones (excluding diaryl/α,β-unsaturated/α-hetero) is 1. The Morgan fingerprint density at radius 1 is 0.975 bits per heavy atom. The molecule has 2 aromatic carbocycles. The fraction of sp³-hybridized carbons (Fsp3) is 0.355. The lowest BCUT2D eigenvalue weighted by Gasteiger charge is -2.25. The zero-order valence-corrected chi connectivity index (χ0v) is 22.7. The van der Waals surface area contributed by atoms with E-state index < -0.39 is 17.7 Å². The van der Waals surface area contributed by atoms with Crippen molar-refractivity contribution in [2.45, 2.75) is 45.7 Å². The maximum absolute atomic E-state index is 13.5. The molecule has 9 nitrogen and oxygen atoms in total. The molecule has 2 aliphatic rings. The monoisotopic (exact) mass is 547 g/mol. The number of benzene rings is 2. The molecule has 9 heteroatoms. The van der Waals surface area contributed by atoms with Gasteiger partial charge in [0.2, 0.25) is 0 Å². The number of furan rings is 1. The van der Waals surface area contributed by atoms with Crippen LogP contribution in [0.4, 0.5) is 0 Å². The second-order valence-corrected chi connectivity index (χ2v) is 9.56. The Hall–Kier alpha value is -4.40. The van der Waals surface area contributed by atoms with Crippen LogP contribution < -0.4 is 18.9 Å². The van der Waals surface area contributed by atoms with Crippen LogP contribution in [0.15, 0.2) is 64.8 Å². The molecular formula is C31H33NO8. The highest BCUT2D eigenvalue weighted by atomic mass is 16.6. The third kappa shape index (κ3) is 5.50. The van der Waals surface area contributed by atoms with Gasteiger partial charge in [0.25, 0.3) is 11.7 Å². The molecule has 1 N–H and O–H groups in total. The first-order valence-corrected chi connectivity index (χ1v) is 13.6. The molecule has 0 unspecified atom stereocenters. The lowest BCUT2D eigenvalue weighted by molar-refractivity contribution is -0.140. The summed E-state index contributed by atoms with van der Waals surface area (Å²) in [6.07, 6.45) is 4.57. The first kappa shape index (κ1) is 27.2. The summed E-state index contributed by atoms with van der Waals surface area (Å²) in [7, 11) is 0. The van der Waals surface area contributed by atoms with Crippen molar-refractivity contribution >= 4 is 17.4 Å². The number of rotatable bonds is 11. The van der Waals surface area contributed by atoms with Crippen molar-refractivity contribution in [1.29, 1.82) is 0 Å². The molecule has 0 bridgehead atoms. The quantitative estimate of drug-likeness (QED) is 0.142. The van der Waals surface area contributed by atoms with Gasteiger partial charge in [0.1, 0.15) is 24.7 Å². The number of carbonyl (C=O) groups excluding carboxylic acids is 2. The zero-order valence-electron chi connectivity index (χ0n) is 22.7. The van der Waals surface area contributed by atoms with Crippen LogP contribution >= 0.6 is 0 Å². The molecule has 1 aromatic heterocycles. The molecule has 3 aromatic rings. The average molecular weight is 548 g/mol. The Morgan fingerprint density at radius 3 is 2.55 bits per heavy atom. The lowest BCUT2D eigenvalue weighted by atomic mass is 9.94. The van der Waals surface area contributed by atoms with Crippen LogP contribution in [0.5, 0.6) is 23.0 Å². The number of nitrogens with zero attached hydrogens (tertiary/aromatic N) is 1. The van der Waals surface area contributed by atoms with E-state index in [4.69, 9.17) is 23.4 Å². The number of aliphatic hydroxyl groups is 1. The van der Waals surface area contributed by atoms with E-state index in [9.17, 15) is 14.7 Å². The van der Waals surface area contributed by atoms with Crippen LogP contribution in [-0.4, -0.2) is 48.1 Å². The molecule has 1 amide bonds. The number of hydrogen-bond donors (Lipinski definition) is 1. The van der Waals surface area contributed by atoms with Crippen molar-refractivity contribution in [3.05, 3.63) is 77.3 Å². The van der Waals surface area contributed by atoms with E-state index >= 15 is 0 Å². The fourth-order valence-electron chi connectivity index (χ4n) is 4.92. The zero-order chi connectivity index (χ0) is 28.1. The van der Waals surface area contributed by atoms with E-state index in [0.29, 0.717) is 66.3 Å². The second kappa shape index (κ2) is 12.2. The van der Waals surface area contributed by atoms with Gasteiger partial charge in [-0.15, -0.1) is 0 Å². The van der Waals surface area contributed by atoms with Gasteiger partial charge in [0.15, 0.2) is 23.0 Å².